The summed E-state index contributed by atoms with van der Waals surface area (Å²) in [6, 6.07) is 14.6. The Balaban J connectivity index is 1.32. The summed E-state index contributed by atoms with van der Waals surface area (Å²) in [5.74, 6) is -1.78. The van der Waals surface area contributed by atoms with Crippen LogP contribution in [0, 0.1) is 0 Å². The molecule has 0 saturated carbocycles. The Morgan fingerprint density at radius 3 is 2.72 bits per heavy atom. The molecule has 5 rings (SSSR count). The van der Waals surface area contributed by atoms with Gasteiger partial charge in [-0.1, -0.05) is 18.2 Å². The molecule has 184 valence electrons. The first kappa shape index (κ1) is 23.3. The van der Waals surface area contributed by atoms with Gasteiger partial charge < -0.3 is 25.7 Å². The Morgan fingerprint density at radius 1 is 1.14 bits per heavy atom. The predicted octanol–water partition coefficient (Wildman–Crippen LogP) is 3.88. The third-order valence-electron chi connectivity index (χ3n) is 6.71. The van der Waals surface area contributed by atoms with Crippen LogP contribution in [0.15, 0.2) is 53.5 Å². The molecule has 0 aromatic heterocycles. The van der Waals surface area contributed by atoms with Crippen molar-refractivity contribution in [2.75, 3.05) is 5.32 Å². The number of nitrogens with one attached hydrogen (secondary N) is 2. The van der Waals surface area contributed by atoms with Crippen LogP contribution in [0.3, 0.4) is 0 Å². The molecule has 0 unspecified atom stereocenters. The Hall–Kier alpha value is -4.40. The summed E-state index contributed by atoms with van der Waals surface area (Å²) >= 11 is 0. The third-order valence-corrected chi connectivity index (χ3v) is 6.71. The van der Waals surface area contributed by atoms with E-state index in [1.807, 2.05) is 19.1 Å². The molecule has 0 bridgehead atoms. The fourth-order valence-electron chi connectivity index (χ4n) is 4.84. The van der Waals surface area contributed by atoms with E-state index >= 15 is 0 Å². The van der Waals surface area contributed by atoms with Crippen molar-refractivity contribution in [3.05, 3.63) is 70.8 Å². The lowest BCUT2D eigenvalue weighted by Crippen LogP contribution is -2.41. The minimum Gasteiger partial charge on any atom is -0.481 e. The molecule has 4 N–H and O–H groups in total. The molecule has 0 radical (unpaired) electrons. The fourth-order valence-corrected chi connectivity index (χ4v) is 4.84. The second-order valence-electron chi connectivity index (χ2n) is 9.11. The van der Waals surface area contributed by atoms with Gasteiger partial charge in [0.15, 0.2) is 0 Å². The predicted molar refractivity (Wildman–Crippen MR) is 135 cm³/mol. The number of benzene rings is 3. The maximum Gasteiger partial charge on any atom is 0.326 e. The van der Waals surface area contributed by atoms with Crippen LogP contribution in [0.5, 0.6) is 0 Å². The SMILES string of the molecule is CC1=Nc2ccc3ccc(CNc4ccc5c(c4)CN([C@@H](CCC(=O)O)C(=O)O)C5=O)cc3c2CN1. The van der Waals surface area contributed by atoms with Gasteiger partial charge in [-0.15, -0.1) is 0 Å². The van der Waals surface area contributed by atoms with Gasteiger partial charge in [-0.3, -0.25) is 9.59 Å². The number of hydrogen-bond donors (Lipinski definition) is 4. The van der Waals surface area contributed by atoms with Gasteiger partial charge >= 0.3 is 11.9 Å². The van der Waals surface area contributed by atoms with Gasteiger partial charge in [-0.2, -0.15) is 0 Å². The molecule has 9 nitrogen and oxygen atoms in total. The van der Waals surface area contributed by atoms with Crippen LogP contribution in [0.25, 0.3) is 10.8 Å². The van der Waals surface area contributed by atoms with E-state index in [0.717, 1.165) is 45.7 Å². The highest BCUT2D eigenvalue weighted by Gasteiger charge is 2.36. The maximum absolute atomic E-state index is 12.8. The summed E-state index contributed by atoms with van der Waals surface area (Å²) in [5.41, 5.74) is 5.24. The third kappa shape index (κ3) is 4.47. The molecule has 2 aliphatic rings. The quantitative estimate of drug-likeness (QED) is 0.380. The number of rotatable bonds is 8. The van der Waals surface area contributed by atoms with Crippen LogP contribution in [-0.4, -0.2) is 44.8 Å². The number of amides is 1. The lowest BCUT2D eigenvalue weighted by atomic mass is 9.99. The number of carbonyl (C=O) groups is 3. The van der Waals surface area contributed by atoms with E-state index in [9.17, 15) is 19.5 Å². The van der Waals surface area contributed by atoms with Gasteiger partial charge in [0.05, 0.1) is 11.5 Å². The monoisotopic (exact) mass is 486 g/mol. The van der Waals surface area contributed by atoms with Crippen LogP contribution in [0.4, 0.5) is 11.4 Å². The molecule has 2 heterocycles. The lowest BCUT2D eigenvalue weighted by Gasteiger charge is -2.23. The maximum atomic E-state index is 12.8. The van der Waals surface area contributed by atoms with E-state index in [1.165, 1.54) is 10.5 Å². The minimum absolute atomic E-state index is 0.134. The average molecular weight is 487 g/mol. The number of carbonyl (C=O) groups excluding carboxylic acids is 1. The molecule has 0 saturated heterocycles. The van der Waals surface area contributed by atoms with Gasteiger partial charge in [0.2, 0.25) is 0 Å². The topological polar surface area (TPSA) is 131 Å². The molecule has 3 aromatic carbocycles. The van der Waals surface area contributed by atoms with Crippen LogP contribution in [-0.2, 0) is 29.2 Å². The van der Waals surface area contributed by atoms with Crippen LogP contribution < -0.4 is 10.6 Å². The number of nitrogens with zero attached hydrogens (tertiary/aromatic N) is 2. The fraction of sp³-hybridized carbons (Fsp3) is 0.259. The Morgan fingerprint density at radius 2 is 1.94 bits per heavy atom. The number of carboxylic acid groups (broad SMARTS) is 2. The van der Waals surface area contributed by atoms with Crippen molar-refractivity contribution in [2.45, 2.75) is 45.4 Å². The smallest absolute Gasteiger partial charge is 0.326 e. The van der Waals surface area contributed by atoms with Crippen molar-refractivity contribution in [3.63, 3.8) is 0 Å². The van der Waals surface area contributed by atoms with E-state index < -0.39 is 18.0 Å². The number of carboxylic acids is 2. The highest BCUT2D eigenvalue weighted by Crippen LogP contribution is 2.32. The summed E-state index contributed by atoms with van der Waals surface area (Å²) in [5, 5.41) is 27.5. The summed E-state index contributed by atoms with van der Waals surface area (Å²) in [6.45, 7) is 3.39. The minimum atomic E-state index is -1.20. The standard InChI is InChI=1S/C27H26N4O5/c1-15-28-13-22-21-10-16(2-3-17(21)4-7-23(22)30-15)12-29-19-5-6-20-18(11-19)14-31(26(20)34)24(27(35)36)8-9-25(32)33/h2-7,10-11,24,29H,8-9,12-14H2,1H3,(H,28,30)(H,32,33)(H,35,36)/t24-/m0/s1. The second kappa shape index (κ2) is 9.33. The van der Waals surface area contributed by atoms with Gasteiger partial charge in [0.25, 0.3) is 5.91 Å². The summed E-state index contributed by atoms with van der Waals surface area (Å²) in [6.07, 6.45) is -0.456. The molecule has 0 aliphatic carbocycles. The first-order valence-electron chi connectivity index (χ1n) is 11.8. The number of hydrogen-bond acceptors (Lipinski definition) is 6. The number of fused-ring (bicyclic) bond motifs is 4. The summed E-state index contributed by atoms with van der Waals surface area (Å²) in [4.78, 5) is 41.3. The molecule has 1 atom stereocenters. The Labute approximate surface area is 207 Å². The highest BCUT2D eigenvalue weighted by atomic mass is 16.4. The van der Waals surface area contributed by atoms with Gasteiger partial charge in [0, 0.05) is 42.9 Å². The summed E-state index contributed by atoms with van der Waals surface area (Å²) in [7, 11) is 0. The number of amidine groups is 1. The van der Waals surface area contributed by atoms with Crippen molar-refractivity contribution >= 4 is 45.8 Å². The number of anilines is 1. The van der Waals surface area contributed by atoms with Crippen molar-refractivity contribution in [1.82, 2.24) is 10.2 Å². The molecule has 9 heteroatoms. The van der Waals surface area contributed by atoms with E-state index in [1.54, 1.807) is 12.1 Å². The van der Waals surface area contributed by atoms with Crippen LogP contribution >= 0.6 is 0 Å². The molecule has 3 aromatic rings. The lowest BCUT2D eigenvalue weighted by molar-refractivity contribution is -0.143. The highest BCUT2D eigenvalue weighted by molar-refractivity contribution is 6.01. The molecule has 36 heavy (non-hydrogen) atoms. The van der Waals surface area contributed by atoms with Crippen molar-refractivity contribution in [3.8, 4) is 0 Å². The van der Waals surface area contributed by atoms with E-state index in [4.69, 9.17) is 5.11 Å². The molecule has 1 amide bonds. The zero-order valence-electron chi connectivity index (χ0n) is 19.7. The van der Waals surface area contributed by atoms with E-state index in [0.29, 0.717) is 12.1 Å². The molecule has 0 spiro atoms. The molecule has 2 aliphatic heterocycles. The molecule has 0 fully saturated rings. The van der Waals surface area contributed by atoms with E-state index in [2.05, 4.69) is 39.9 Å². The van der Waals surface area contributed by atoms with Crippen LogP contribution in [0.2, 0.25) is 0 Å². The largest absolute Gasteiger partial charge is 0.481 e. The second-order valence-corrected chi connectivity index (χ2v) is 9.11. The summed E-state index contributed by atoms with van der Waals surface area (Å²) < 4.78 is 0. The molecular formula is C27H26N4O5. The van der Waals surface area contributed by atoms with Crippen molar-refractivity contribution < 1.29 is 24.6 Å². The zero-order valence-corrected chi connectivity index (χ0v) is 19.7. The first-order chi connectivity index (χ1) is 17.3. The Kier molecular flexibility index (Phi) is 6.05. The van der Waals surface area contributed by atoms with Gasteiger partial charge in [0.1, 0.15) is 6.04 Å². The molecular weight excluding hydrogens is 460 g/mol. The van der Waals surface area contributed by atoms with Crippen molar-refractivity contribution in [2.24, 2.45) is 4.99 Å². The van der Waals surface area contributed by atoms with E-state index in [-0.39, 0.29) is 25.3 Å². The normalized spacial score (nSPS) is 15.1. The Bertz CT molecular complexity index is 1430. The first-order valence-corrected chi connectivity index (χ1v) is 11.8. The number of aliphatic imine (C=N–C) groups is 1. The van der Waals surface area contributed by atoms with Gasteiger partial charge in [-0.25, -0.2) is 9.79 Å². The average Bonchev–Trinajstić information content (AvgIpc) is 3.17. The van der Waals surface area contributed by atoms with Crippen LogP contribution in [0.1, 0.15) is 46.8 Å². The van der Waals surface area contributed by atoms with Crippen molar-refractivity contribution in [1.29, 1.82) is 0 Å². The van der Waals surface area contributed by atoms with Gasteiger partial charge in [-0.05, 0) is 65.6 Å². The zero-order chi connectivity index (χ0) is 25.4. The number of aliphatic carboxylic acids is 2.